The Labute approximate surface area is 86.4 Å². The second-order valence-corrected chi connectivity index (χ2v) is 4.65. The van der Waals surface area contributed by atoms with Crippen molar-refractivity contribution in [3.05, 3.63) is 0 Å². The third-order valence-electron chi connectivity index (χ3n) is 3.62. The first-order valence-corrected chi connectivity index (χ1v) is 5.56. The molecule has 1 unspecified atom stereocenters. The lowest BCUT2D eigenvalue weighted by Gasteiger charge is -2.39. The molecule has 0 aromatic rings. The van der Waals surface area contributed by atoms with Gasteiger partial charge in [-0.1, -0.05) is 19.3 Å². The highest BCUT2D eigenvalue weighted by molar-refractivity contribution is 5.75. The van der Waals surface area contributed by atoms with Crippen LogP contribution in [0.4, 0.5) is 0 Å². The van der Waals surface area contributed by atoms with Gasteiger partial charge in [0.2, 0.25) is 5.91 Å². The fourth-order valence-corrected chi connectivity index (χ4v) is 2.54. The summed E-state index contributed by atoms with van der Waals surface area (Å²) in [5.74, 6) is 0.404. The first-order valence-electron chi connectivity index (χ1n) is 5.56. The summed E-state index contributed by atoms with van der Waals surface area (Å²) in [5, 5.41) is 3.28. The number of hydrogen-bond donors (Lipinski definition) is 2. The number of carbonyl (C=O) groups is 1. The molecule has 1 atom stereocenters. The van der Waals surface area contributed by atoms with E-state index >= 15 is 0 Å². The second kappa shape index (κ2) is 4.78. The van der Waals surface area contributed by atoms with Crippen molar-refractivity contribution < 1.29 is 4.79 Å². The third-order valence-corrected chi connectivity index (χ3v) is 3.62. The zero-order valence-electron chi connectivity index (χ0n) is 9.31. The molecule has 3 N–H and O–H groups in total. The minimum Gasteiger partial charge on any atom is -0.370 e. The molecule has 0 spiro atoms. The molecule has 0 saturated heterocycles. The summed E-state index contributed by atoms with van der Waals surface area (Å²) >= 11 is 0. The Hall–Kier alpha value is -0.570. The maximum atomic E-state index is 11.0. The molecule has 1 aliphatic rings. The molecule has 1 amide bonds. The van der Waals surface area contributed by atoms with Crippen LogP contribution in [0.25, 0.3) is 0 Å². The monoisotopic (exact) mass is 198 g/mol. The highest BCUT2D eigenvalue weighted by Crippen LogP contribution is 2.34. The van der Waals surface area contributed by atoms with Gasteiger partial charge in [0.05, 0.1) is 0 Å². The van der Waals surface area contributed by atoms with Gasteiger partial charge in [0.1, 0.15) is 0 Å². The second-order valence-electron chi connectivity index (χ2n) is 4.65. The van der Waals surface area contributed by atoms with Crippen LogP contribution in [-0.2, 0) is 4.79 Å². The molecule has 0 heterocycles. The summed E-state index contributed by atoms with van der Waals surface area (Å²) in [6, 6.07) is 0. The average molecular weight is 198 g/mol. The van der Waals surface area contributed by atoms with Crippen LogP contribution in [0.2, 0.25) is 0 Å². The SMILES string of the molecule is CNC(C)(CC(N)=O)C1CCCCC1. The molecule has 1 rings (SSSR count). The van der Waals surface area contributed by atoms with E-state index in [2.05, 4.69) is 12.2 Å². The molecule has 0 aromatic heterocycles. The van der Waals surface area contributed by atoms with E-state index in [1.165, 1.54) is 32.1 Å². The van der Waals surface area contributed by atoms with Crippen molar-refractivity contribution in [3.63, 3.8) is 0 Å². The fraction of sp³-hybridized carbons (Fsp3) is 0.909. The molecule has 3 nitrogen and oxygen atoms in total. The molecule has 0 radical (unpaired) electrons. The Morgan fingerprint density at radius 2 is 2.00 bits per heavy atom. The van der Waals surface area contributed by atoms with E-state index in [1.807, 2.05) is 7.05 Å². The summed E-state index contributed by atoms with van der Waals surface area (Å²) in [6.07, 6.45) is 6.83. The lowest BCUT2D eigenvalue weighted by Crippen LogP contribution is -2.50. The number of nitrogens with two attached hydrogens (primary N) is 1. The maximum absolute atomic E-state index is 11.0. The summed E-state index contributed by atoms with van der Waals surface area (Å²) in [7, 11) is 1.93. The number of rotatable bonds is 4. The molecule has 0 aliphatic heterocycles. The molecule has 1 aliphatic carbocycles. The molecular formula is C11H22N2O. The Balaban J connectivity index is 2.61. The van der Waals surface area contributed by atoms with Crippen molar-refractivity contribution in [1.82, 2.24) is 5.32 Å². The Kier molecular flexibility index (Phi) is 3.93. The highest BCUT2D eigenvalue weighted by Gasteiger charge is 2.34. The van der Waals surface area contributed by atoms with Gasteiger partial charge >= 0.3 is 0 Å². The van der Waals surface area contributed by atoms with E-state index in [-0.39, 0.29) is 11.4 Å². The first-order chi connectivity index (χ1) is 6.58. The van der Waals surface area contributed by atoms with Crippen molar-refractivity contribution in [3.8, 4) is 0 Å². The van der Waals surface area contributed by atoms with Gasteiger partial charge in [-0.15, -0.1) is 0 Å². The van der Waals surface area contributed by atoms with Crippen LogP contribution in [0.15, 0.2) is 0 Å². The van der Waals surface area contributed by atoms with Crippen LogP contribution in [0.3, 0.4) is 0 Å². The van der Waals surface area contributed by atoms with Crippen LogP contribution in [0.1, 0.15) is 45.4 Å². The molecule has 1 fully saturated rings. The van der Waals surface area contributed by atoms with Crippen molar-refractivity contribution in [2.45, 2.75) is 51.0 Å². The summed E-state index contributed by atoms with van der Waals surface area (Å²) < 4.78 is 0. The van der Waals surface area contributed by atoms with E-state index < -0.39 is 0 Å². The summed E-state index contributed by atoms with van der Waals surface area (Å²) in [4.78, 5) is 11.0. The number of nitrogens with one attached hydrogen (secondary N) is 1. The van der Waals surface area contributed by atoms with Gasteiger partial charge < -0.3 is 11.1 Å². The van der Waals surface area contributed by atoms with E-state index in [9.17, 15) is 4.79 Å². The first kappa shape index (κ1) is 11.5. The number of primary amides is 1. The van der Waals surface area contributed by atoms with Gasteiger partial charge in [-0.3, -0.25) is 4.79 Å². The predicted molar refractivity (Wildman–Crippen MR) is 57.9 cm³/mol. The Bertz CT molecular complexity index is 199. The van der Waals surface area contributed by atoms with Gasteiger partial charge in [0.25, 0.3) is 0 Å². The predicted octanol–water partition coefficient (Wildman–Crippen LogP) is 1.42. The maximum Gasteiger partial charge on any atom is 0.219 e. The third kappa shape index (κ3) is 2.71. The largest absolute Gasteiger partial charge is 0.370 e. The van der Waals surface area contributed by atoms with Crippen LogP contribution >= 0.6 is 0 Å². The Morgan fingerprint density at radius 1 is 1.43 bits per heavy atom. The molecule has 3 heteroatoms. The lowest BCUT2D eigenvalue weighted by molar-refractivity contribution is -0.120. The standard InChI is InChI=1S/C11H22N2O/c1-11(13-2,8-10(12)14)9-6-4-3-5-7-9/h9,13H,3-8H2,1-2H3,(H2,12,14). The molecule has 1 saturated carbocycles. The van der Waals surface area contributed by atoms with Crippen LogP contribution < -0.4 is 11.1 Å². The van der Waals surface area contributed by atoms with Crippen molar-refractivity contribution in [2.75, 3.05) is 7.05 Å². The smallest absolute Gasteiger partial charge is 0.219 e. The Morgan fingerprint density at radius 3 is 2.43 bits per heavy atom. The lowest BCUT2D eigenvalue weighted by atomic mass is 9.74. The van der Waals surface area contributed by atoms with Gasteiger partial charge in [-0.25, -0.2) is 0 Å². The summed E-state index contributed by atoms with van der Waals surface area (Å²) in [5.41, 5.74) is 5.19. The minimum absolute atomic E-state index is 0.0910. The van der Waals surface area contributed by atoms with Gasteiger partial charge in [-0.05, 0) is 32.7 Å². The van der Waals surface area contributed by atoms with Crippen molar-refractivity contribution in [1.29, 1.82) is 0 Å². The quantitative estimate of drug-likeness (QED) is 0.718. The molecule has 82 valence electrons. The van der Waals surface area contributed by atoms with Crippen LogP contribution in [-0.4, -0.2) is 18.5 Å². The summed E-state index contributed by atoms with van der Waals surface area (Å²) in [6.45, 7) is 2.12. The zero-order chi connectivity index (χ0) is 10.6. The van der Waals surface area contributed by atoms with E-state index in [0.29, 0.717) is 12.3 Å². The van der Waals surface area contributed by atoms with Gasteiger partial charge in [0.15, 0.2) is 0 Å². The molecule has 14 heavy (non-hydrogen) atoms. The highest BCUT2D eigenvalue weighted by atomic mass is 16.1. The minimum atomic E-state index is -0.201. The molecule has 0 bridgehead atoms. The number of carbonyl (C=O) groups excluding carboxylic acids is 1. The van der Waals surface area contributed by atoms with Crippen LogP contribution in [0.5, 0.6) is 0 Å². The van der Waals surface area contributed by atoms with E-state index in [4.69, 9.17) is 5.73 Å². The van der Waals surface area contributed by atoms with E-state index in [0.717, 1.165) is 0 Å². The zero-order valence-corrected chi connectivity index (χ0v) is 9.31. The molecule has 0 aromatic carbocycles. The van der Waals surface area contributed by atoms with Crippen molar-refractivity contribution in [2.24, 2.45) is 11.7 Å². The van der Waals surface area contributed by atoms with Gasteiger partial charge in [0, 0.05) is 12.0 Å². The normalized spacial score (nSPS) is 23.0. The average Bonchev–Trinajstić information content (AvgIpc) is 2.18. The topological polar surface area (TPSA) is 55.1 Å². The van der Waals surface area contributed by atoms with E-state index in [1.54, 1.807) is 0 Å². The number of hydrogen-bond acceptors (Lipinski definition) is 2. The van der Waals surface area contributed by atoms with Crippen LogP contribution in [0, 0.1) is 5.92 Å². The van der Waals surface area contributed by atoms with Gasteiger partial charge in [-0.2, -0.15) is 0 Å². The number of amides is 1. The molecular weight excluding hydrogens is 176 g/mol. The van der Waals surface area contributed by atoms with Crippen molar-refractivity contribution >= 4 is 5.91 Å². The fourth-order valence-electron chi connectivity index (χ4n) is 2.54.